The van der Waals surface area contributed by atoms with Gasteiger partial charge in [0.2, 0.25) is 10.0 Å². The zero-order valence-corrected chi connectivity index (χ0v) is 16.0. The molecule has 1 aliphatic heterocycles. The Hall–Kier alpha value is -2.00. The average Bonchev–Trinajstić information content (AvgIpc) is 3.43. The molecule has 0 amide bonds. The Morgan fingerprint density at radius 3 is 2.67 bits per heavy atom. The van der Waals surface area contributed by atoms with Gasteiger partial charge >= 0.3 is 5.69 Å². The normalized spacial score (nSPS) is 20.5. The topological polar surface area (TPSA) is 77.2 Å². The summed E-state index contributed by atoms with van der Waals surface area (Å²) in [5, 5.41) is 4.46. The molecule has 0 saturated heterocycles. The maximum absolute atomic E-state index is 14.0. The highest BCUT2D eigenvalue weighted by Gasteiger charge is 2.32. The van der Waals surface area contributed by atoms with Gasteiger partial charge in [0.05, 0.1) is 0 Å². The molecule has 2 aromatic rings. The van der Waals surface area contributed by atoms with Gasteiger partial charge in [0.25, 0.3) is 0 Å². The Balaban J connectivity index is 1.53. The number of nitrogens with zero attached hydrogens (tertiary/aromatic N) is 4. The largest absolute Gasteiger partial charge is 0.345 e. The van der Waals surface area contributed by atoms with Gasteiger partial charge in [-0.1, -0.05) is 12.1 Å². The summed E-state index contributed by atoms with van der Waals surface area (Å²) < 4.78 is 44.1. The fourth-order valence-corrected chi connectivity index (χ4v) is 5.13. The number of fused-ring (bicyclic) bond motifs is 1. The second kappa shape index (κ2) is 6.87. The van der Waals surface area contributed by atoms with Crippen molar-refractivity contribution in [1.82, 2.24) is 18.7 Å². The molecule has 1 atom stereocenters. The standard InChI is InChI=1S/C18H23FN4O3S/c1-21(27(25,26)16-5-3-2-4-15(16)19)14-8-9-17-20-23(12-13-6-7-13)18(24)22(17)11-10-14/h2-5,13-14H,6-12H2,1H3. The van der Waals surface area contributed by atoms with E-state index < -0.39 is 15.8 Å². The van der Waals surface area contributed by atoms with E-state index >= 15 is 0 Å². The van der Waals surface area contributed by atoms with Crippen LogP contribution in [0, 0.1) is 11.7 Å². The van der Waals surface area contributed by atoms with E-state index in [1.54, 1.807) is 9.25 Å². The smallest absolute Gasteiger partial charge is 0.279 e. The minimum absolute atomic E-state index is 0.114. The second-order valence-electron chi connectivity index (χ2n) is 7.41. The van der Waals surface area contributed by atoms with E-state index in [0.717, 1.165) is 18.9 Å². The molecule has 1 aliphatic carbocycles. The summed E-state index contributed by atoms with van der Waals surface area (Å²) in [4.78, 5) is 12.2. The summed E-state index contributed by atoms with van der Waals surface area (Å²) in [5.41, 5.74) is -0.114. The number of hydrogen-bond acceptors (Lipinski definition) is 4. The molecule has 0 spiro atoms. The highest BCUT2D eigenvalue weighted by atomic mass is 32.2. The third-order valence-electron chi connectivity index (χ3n) is 5.52. The summed E-state index contributed by atoms with van der Waals surface area (Å²) in [5.74, 6) is 0.514. The van der Waals surface area contributed by atoms with Crippen LogP contribution in [0.1, 0.15) is 31.5 Å². The first-order valence-corrected chi connectivity index (χ1v) is 10.7. The van der Waals surface area contributed by atoms with Crippen LogP contribution in [0.5, 0.6) is 0 Å². The van der Waals surface area contributed by atoms with Crippen molar-refractivity contribution in [2.45, 2.75) is 56.1 Å². The number of halogens is 1. The molecule has 7 nitrogen and oxygen atoms in total. The lowest BCUT2D eigenvalue weighted by molar-refractivity contribution is 0.327. The molecule has 2 heterocycles. The summed E-state index contributed by atoms with van der Waals surface area (Å²) in [6, 6.07) is 5.08. The van der Waals surface area contributed by atoms with Gasteiger partial charge in [0, 0.05) is 32.6 Å². The van der Waals surface area contributed by atoms with Crippen molar-refractivity contribution >= 4 is 10.0 Å². The number of rotatable bonds is 5. The molecule has 1 aromatic heterocycles. The molecular weight excluding hydrogens is 371 g/mol. The molecule has 4 rings (SSSR count). The first-order valence-electron chi connectivity index (χ1n) is 9.27. The van der Waals surface area contributed by atoms with E-state index in [4.69, 9.17) is 0 Å². The predicted molar refractivity (Wildman–Crippen MR) is 97.3 cm³/mol. The van der Waals surface area contributed by atoms with Crippen molar-refractivity contribution in [2.75, 3.05) is 7.05 Å². The van der Waals surface area contributed by atoms with E-state index in [9.17, 15) is 17.6 Å². The van der Waals surface area contributed by atoms with Gasteiger partial charge in [-0.15, -0.1) is 0 Å². The molecule has 1 unspecified atom stereocenters. The number of aryl methyl sites for hydroxylation is 1. The molecular formula is C18H23FN4O3S. The van der Waals surface area contributed by atoms with Gasteiger partial charge in [-0.2, -0.15) is 9.40 Å². The summed E-state index contributed by atoms with van der Waals surface area (Å²) in [6.07, 6.45) is 3.86. The van der Waals surface area contributed by atoms with Crippen molar-refractivity contribution < 1.29 is 12.8 Å². The second-order valence-corrected chi connectivity index (χ2v) is 9.37. The van der Waals surface area contributed by atoms with Crippen LogP contribution in [0.15, 0.2) is 34.0 Å². The van der Waals surface area contributed by atoms with Crippen LogP contribution in [0.3, 0.4) is 0 Å². The Kier molecular flexibility index (Phi) is 4.67. The molecule has 1 fully saturated rings. The van der Waals surface area contributed by atoms with Crippen molar-refractivity contribution in [1.29, 1.82) is 0 Å². The van der Waals surface area contributed by atoms with E-state index in [0.29, 0.717) is 44.1 Å². The van der Waals surface area contributed by atoms with Crippen molar-refractivity contribution in [3.8, 4) is 0 Å². The highest BCUT2D eigenvalue weighted by Crippen LogP contribution is 2.30. The highest BCUT2D eigenvalue weighted by molar-refractivity contribution is 7.89. The third-order valence-corrected chi connectivity index (χ3v) is 7.47. The van der Waals surface area contributed by atoms with Crippen molar-refractivity contribution in [2.24, 2.45) is 5.92 Å². The zero-order valence-electron chi connectivity index (χ0n) is 15.2. The van der Waals surface area contributed by atoms with Crippen molar-refractivity contribution in [3.63, 3.8) is 0 Å². The first kappa shape index (κ1) is 18.4. The summed E-state index contributed by atoms with van der Waals surface area (Å²) in [6.45, 7) is 1.09. The van der Waals surface area contributed by atoms with Crippen LogP contribution in [0.2, 0.25) is 0 Å². The van der Waals surface area contributed by atoms with Gasteiger partial charge < -0.3 is 0 Å². The maximum Gasteiger partial charge on any atom is 0.345 e. The quantitative estimate of drug-likeness (QED) is 0.772. The Labute approximate surface area is 157 Å². The van der Waals surface area contributed by atoms with Gasteiger partial charge in [0.1, 0.15) is 16.5 Å². The molecule has 0 radical (unpaired) electrons. The molecule has 1 aromatic carbocycles. The minimum Gasteiger partial charge on any atom is -0.279 e. The number of benzene rings is 1. The van der Waals surface area contributed by atoms with Crippen LogP contribution in [-0.2, 0) is 29.5 Å². The number of hydrogen-bond donors (Lipinski definition) is 0. The van der Waals surface area contributed by atoms with Crippen LogP contribution >= 0.6 is 0 Å². The van der Waals surface area contributed by atoms with Crippen molar-refractivity contribution in [3.05, 3.63) is 46.4 Å². The van der Waals surface area contributed by atoms with E-state index in [-0.39, 0.29) is 16.6 Å². The van der Waals surface area contributed by atoms with Crippen LogP contribution in [0.4, 0.5) is 4.39 Å². The van der Waals surface area contributed by atoms with Crippen LogP contribution in [0.25, 0.3) is 0 Å². The van der Waals surface area contributed by atoms with Gasteiger partial charge in [-0.3, -0.25) is 4.57 Å². The molecule has 146 valence electrons. The zero-order chi connectivity index (χ0) is 19.2. The van der Waals surface area contributed by atoms with E-state index in [2.05, 4.69) is 5.10 Å². The third kappa shape index (κ3) is 3.45. The Bertz CT molecular complexity index is 1010. The molecule has 9 heteroatoms. The van der Waals surface area contributed by atoms with Gasteiger partial charge in [-0.25, -0.2) is 22.3 Å². The SMILES string of the molecule is CN(C1CCc2nn(CC3CC3)c(=O)n2CC1)S(=O)(=O)c1ccccc1F. The summed E-state index contributed by atoms with van der Waals surface area (Å²) in [7, 11) is -2.46. The molecule has 27 heavy (non-hydrogen) atoms. The lowest BCUT2D eigenvalue weighted by Gasteiger charge is -2.26. The van der Waals surface area contributed by atoms with Crippen LogP contribution in [-0.4, -0.2) is 40.2 Å². The minimum atomic E-state index is -3.94. The average molecular weight is 394 g/mol. The lowest BCUT2D eigenvalue weighted by Crippen LogP contribution is -2.38. The Morgan fingerprint density at radius 2 is 1.96 bits per heavy atom. The monoisotopic (exact) mass is 394 g/mol. The summed E-state index contributed by atoms with van der Waals surface area (Å²) >= 11 is 0. The maximum atomic E-state index is 14.0. The van der Waals surface area contributed by atoms with Gasteiger partial charge in [0.15, 0.2) is 0 Å². The number of aromatic nitrogens is 3. The molecule has 0 bridgehead atoms. The van der Waals surface area contributed by atoms with E-state index in [1.165, 1.54) is 29.6 Å². The van der Waals surface area contributed by atoms with Gasteiger partial charge in [-0.05, 0) is 43.7 Å². The molecule has 0 N–H and O–H groups in total. The first-order chi connectivity index (χ1) is 12.9. The lowest BCUT2D eigenvalue weighted by atomic mass is 10.1. The molecule has 1 saturated carbocycles. The van der Waals surface area contributed by atoms with E-state index in [1.807, 2.05) is 0 Å². The predicted octanol–water partition coefficient (Wildman–Crippen LogP) is 1.62. The number of sulfonamides is 1. The van der Waals surface area contributed by atoms with Crippen LogP contribution < -0.4 is 5.69 Å². The fraction of sp³-hybridized carbons (Fsp3) is 0.556. The Morgan fingerprint density at radius 1 is 1.22 bits per heavy atom. The molecule has 2 aliphatic rings. The fourth-order valence-electron chi connectivity index (χ4n) is 3.65.